The molecule has 26 heavy (non-hydrogen) atoms. The molecular formula is C21H31N3O2. The number of benzene rings is 1. The van der Waals surface area contributed by atoms with Crippen molar-refractivity contribution in [2.45, 2.75) is 60.0 Å². The number of aryl methyl sites for hydroxylation is 2. The van der Waals surface area contributed by atoms with Crippen LogP contribution in [0, 0.1) is 6.92 Å². The number of nitrogens with zero attached hydrogens (tertiary/aromatic N) is 3. The molecule has 0 unspecified atom stereocenters. The average Bonchev–Trinajstić information content (AvgIpc) is 2.99. The van der Waals surface area contributed by atoms with Crippen LogP contribution in [0.2, 0.25) is 0 Å². The summed E-state index contributed by atoms with van der Waals surface area (Å²) >= 11 is 0. The Morgan fingerprint density at radius 2 is 1.69 bits per heavy atom. The monoisotopic (exact) mass is 357 g/mol. The molecule has 0 N–H and O–H groups in total. The van der Waals surface area contributed by atoms with Crippen LogP contribution < -0.4 is 4.90 Å². The third-order valence-electron chi connectivity index (χ3n) is 4.70. The fraction of sp³-hybridized carbons (Fsp3) is 0.524. The van der Waals surface area contributed by atoms with Crippen LogP contribution in [0.25, 0.3) is 0 Å². The number of rotatable bonds is 8. The number of amides is 1. The molecule has 0 aliphatic heterocycles. The molecule has 5 heteroatoms. The molecule has 1 heterocycles. The first kappa shape index (κ1) is 20.2. The summed E-state index contributed by atoms with van der Waals surface area (Å²) in [6.07, 6.45) is 0.672. The van der Waals surface area contributed by atoms with Gasteiger partial charge in [-0.15, -0.1) is 0 Å². The van der Waals surface area contributed by atoms with Crippen LogP contribution in [0.4, 0.5) is 5.69 Å². The highest BCUT2D eigenvalue weighted by atomic mass is 16.5. The first-order chi connectivity index (χ1) is 12.4. The SMILES string of the molecule is CCc1noc(C)c1C(=O)N(CCN(C(C)C)C(C)C)c1ccccc1. The number of aromatic nitrogens is 1. The van der Waals surface area contributed by atoms with E-state index < -0.39 is 0 Å². The standard InChI is InChI=1S/C21H31N3O2/c1-7-19-20(17(6)26-22-19)21(25)24(18-11-9-8-10-12-18)14-13-23(15(2)3)16(4)5/h8-12,15-16H,7,13-14H2,1-6H3. The van der Waals surface area contributed by atoms with Gasteiger partial charge in [0, 0.05) is 30.9 Å². The van der Waals surface area contributed by atoms with Crippen LogP contribution in [-0.2, 0) is 6.42 Å². The quantitative estimate of drug-likeness (QED) is 0.706. The first-order valence-corrected chi connectivity index (χ1v) is 9.44. The summed E-state index contributed by atoms with van der Waals surface area (Å²) in [4.78, 5) is 17.6. The number of carbonyl (C=O) groups is 1. The normalized spacial score (nSPS) is 11.6. The summed E-state index contributed by atoms with van der Waals surface area (Å²) < 4.78 is 5.29. The van der Waals surface area contributed by atoms with E-state index in [0.29, 0.717) is 36.4 Å². The maximum atomic E-state index is 13.4. The molecule has 2 rings (SSSR count). The zero-order chi connectivity index (χ0) is 19.3. The van der Waals surface area contributed by atoms with Crippen LogP contribution in [0.3, 0.4) is 0 Å². The highest BCUT2D eigenvalue weighted by Gasteiger charge is 2.26. The van der Waals surface area contributed by atoms with E-state index in [-0.39, 0.29) is 5.91 Å². The lowest BCUT2D eigenvalue weighted by atomic mass is 10.1. The van der Waals surface area contributed by atoms with E-state index >= 15 is 0 Å². The third kappa shape index (κ3) is 4.52. The zero-order valence-electron chi connectivity index (χ0n) is 16.8. The van der Waals surface area contributed by atoms with E-state index in [1.165, 1.54) is 0 Å². The summed E-state index contributed by atoms with van der Waals surface area (Å²) in [7, 11) is 0. The van der Waals surface area contributed by atoms with Gasteiger partial charge in [0.05, 0.1) is 5.69 Å². The number of hydrogen-bond acceptors (Lipinski definition) is 4. The number of carbonyl (C=O) groups excluding carboxylic acids is 1. The molecule has 1 aromatic heterocycles. The summed E-state index contributed by atoms with van der Waals surface area (Å²) in [6.45, 7) is 14.0. The number of para-hydroxylation sites is 1. The minimum Gasteiger partial charge on any atom is -0.361 e. The maximum absolute atomic E-state index is 13.4. The molecule has 0 saturated carbocycles. The van der Waals surface area contributed by atoms with E-state index in [0.717, 1.165) is 17.9 Å². The van der Waals surface area contributed by atoms with Crippen molar-refractivity contribution in [3.05, 3.63) is 47.3 Å². The smallest absolute Gasteiger partial charge is 0.263 e. The van der Waals surface area contributed by atoms with Crippen molar-refractivity contribution < 1.29 is 9.32 Å². The maximum Gasteiger partial charge on any atom is 0.263 e. The van der Waals surface area contributed by atoms with Crippen LogP contribution in [0.5, 0.6) is 0 Å². The van der Waals surface area contributed by atoms with Crippen molar-refractivity contribution >= 4 is 11.6 Å². The molecule has 1 aromatic carbocycles. The number of hydrogen-bond donors (Lipinski definition) is 0. The fourth-order valence-corrected chi connectivity index (χ4v) is 3.35. The molecule has 0 fully saturated rings. The predicted octanol–water partition coefficient (Wildman–Crippen LogP) is 4.31. The topological polar surface area (TPSA) is 49.6 Å². The van der Waals surface area contributed by atoms with Crippen molar-refractivity contribution in [1.82, 2.24) is 10.1 Å². The molecule has 0 spiro atoms. The molecule has 0 saturated heterocycles. The van der Waals surface area contributed by atoms with Gasteiger partial charge < -0.3 is 9.42 Å². The lowest BCUT2D eigenvalue weighted by Crippen LogP contribution is -2.44. The molecule has 0 aliphatic carbocycles. The van der Waals surface area contributed by atoms with Crippen molar-refractivity contribution in [1.29, 1.82) is 0 Å². The molecule has 1 amide bonds. The predicted molar refractivity (Wildman–Crippen MR) is 106 cm³/mol. The largest absolute Gasteiger partial charge is 0.361 e. The molecule has 0 aliphatic rings. The van der Waals surface area contributed by atoms with Gasteiger partial charge >= 0.3 is 0 Å². The molecule has 0 bridgehead atoms. The van der Waals surface area contributed by atoms with Crippen LogP contribution in [0.15, 0.2) is 34.9 Å². The van der Waals surface area contributed by atoms with Gasteiger partial charge in [0.25, 0.3) is 5.91 Å². The first-order valence-electron chi connectivity index (χ1n) is 9.44. The molecule has 2 aromatic rings. The van der Waals surface area contributed by atoms with Gasteiger partial charge in [0.15, 0.2) is 0 Å². The molecule has 0 radical (unpaired) electrons. The highest BCUT2D eigenvalue weighted by Crippen LogP contribution is 2.22. The summed E-state index contributed by atoms with van der Waals surface area (Å²) in [5.41, 5.74) is 2.21. The lowest BCUT2D eigenvalue weighted by molar-refractivity contribution is 0.0975. The average molecular weight is 357 g/mol. The Kier molecular flexibility index (Phi) is 6.98. The second-order valence-corrected chi connectivity index (χ2v) is 7.13. The Morgan fingerprint density at radius 3 is 2.23 bits per heavy atom. The fourth-order valence-electron chi connectivity index (χ4n) is 3.35. The summed E-state index contributed by atoms with van der Waals surface area (Å²) in [5, 5.41) is 4.05. The zero-order valence-corrected chi connectivity index (χ0v) is 16.8. The second kappa shape index (κ2) is 8.99. The van der Waals surface area contributed by atoms with E-state index in [1.807, 2.05) is 42.2 Å². The minimum absolute atomic E-state index is 0.0423. The van der Waals surface area contributed by atoms with E-state index in [1.54, 1.807) is 6.92 Å². The van der Waals surface area contributed by atoms with E-state index in [9.17, 15) is 4.79 Å². The molecule has 0 atom stereocenters. The minimum atomic E-state index is -0.0423. The van der Waals surface area contributed by atoms with Gasteiger partial charge in [0.2, 0.25) is 0 Å². The van der Waals surface area contributed by atoms with Crippen LogP contribution in [0.1, 0.15) is 56.4 Å². The van der Waals surface area contributed by atoms with Gasteiger partial charge in [-0.3, -0.25) is 9.69 Å². The van der Waals surface area contributed by atoms with Crippen molar-refractivity contribution in [3.8, 4) is 0 Å². The van der Waals surface area contributed by atoms with Crippen LogP contribution >= 0.6 is 0 Å². The van der Waals surface area contributed by atoms with E-state index in [2.05, 4.69) is 37.8 Å². The van der Waals surface area contributed by atoms with Gasteiger partial charge in [0.1, 0.15) is 11.3 Å². The number of anilines is 1. The second-order valence-electron chi connectivity index (χ2n) is 7.13. The van der Waals surface area contributed by atoms with Gasteiger partial charge in [-0.1, -0.05) is 30.3 Å². The Labute approximate surface area is 157 Å². The molecule has 142 valence electrons. The van der Waals surface area contributed by atoms with Crippen molar-refractivity contribution in [3.63, 3.8) is 0 Å². The summed E-state index contributed by atoms with van der Waals surface area (Å²) in [6, 6.07) is 10.7. The van der Waals surface area contributed by atoms with Gasteiger partial charge in [-0.05, 0) is 53.2 Å². The highest BCUT2D eigenvalue weighted by molar-refractivity contribution is 6.07. The Morgan fingerprint density at radius 1 is 1.08 bits per heavy atom. The van der Waals surface area contributed by atoms with E-state index in [4.69, 9.17) is 4.52 Å². The van der Waals surface area contributed by atoms with Crippen LogP contribution in [-0.4, -0.2) is 41.1 Å². The molecule has 5 nitrogen and oxygen atoms in total. The van der Waals surface area contributed by atoms with Crippen molar-refractivity contribution in [2.75, 3.05) is 18.0 Å². The van der Waals surface area contributed by atoms with Gasteiger partial charge in [-0.25, -0.2) is 0 Å². The van der Waals surface area contributed by atoms with Crippen molar-refractivity contribution in [2.24, 2.45) is 0 Å². The Bertz CT molecular complexity index is 699. The van der Waals surface area contributed by atoms with Gasteiger partial charge in [-0.2, -0.15) is 0 Å². The Balaban J connectivity index is 2.33. The summed E-state index contributed by atoms with van der Waals surface area (Å²) in [5.74, 6) is 0.539. The molecular weight excluding hydrogens is 326 g/mol. The lowest BCUT2D eigenvalue weighted by Gasteiger charge is -2.33. The third-order valence-corrected chi connectivity index (χ3v) is 4.70. The Hall–Kier alpha value is -2.14.